The van der Waals surface area contributed by atoms with Gasteiger partial charge in [0, 0.05) is 44.5 Å². The maximum absolute atomic E-state index is 13.2. The predicted molar refractivity (Wildman–Crippen MR) is 119 cm³/mol. The largest absolute Gasteiger partial charge is 0.354 e. The fourth-order valence-electron chi connectivity index (χ4n) is 3.77. The maximum Gasteiger partial charge on any atom is 0.275 e. The van der Waals surface area contributed by atoms with Gasteiger partial charge in [-0.15, -0.1) is 0 Å². The number of hydrogen-bond acceptors (Lipinski definition) is 5. The van der Waals surface area contributed by atoms with Crippen molar-refractivity contribution in [2.45, 2.75) is 17.7 Å². The molecule has 2 aromatic carbocycles. The first-order valence-electron chi connectivity index (χ1n) is 10.5. The molecule has 2 N–H and O–H groups in total. The van der Waals surface area contributed by atoms with Crippen LogP contribution in [0.4, 0.5) is 0 Å². The molecule has 1 aliphatic rings. The van der Waals surface area contributed by atoms with Crippen LogP contribution >= 0.6 is 0 Å². The predicted octanol–water partition coefficient (Wildman–Crippen LogP) is 1.61. The van der Waals surface area contributed by atoms with Crippen molar-refractivity contribution < 1.29 is 18.0 Å². The average molecular weight is 456 g/mol. The molecule has 2 heterocycles. The number of amides is 2. The minimum Gasteiger partial charge on any atom is -0.354 e. The minimum absolute atomic E-state index is 0.0595. The summed E-state index contributed by atoms with van der Waals surface area (Å²) in [5.41, 5.74) is 1.08. The van der Waals surface area contributed by atoms with Gasteiger partial charge in [0.2, 0.25) is 15.9 Å². The van der Waals surface area contributed by atoms with Gasteiger partial charge in [-0.25, -0.2) is 8.42 Å². The fourth-order valence-corrected chi connectivity index (χ4v) is 5.27. The van der Waals surface area contributed by atoms with Gasteiger partial charge in [-0.2, -0.15) is 9.40 Å². The van der Waals surface area contributed by atoms with Crippen LogP contribution in [0.1, 0.15) is 23.3 Å². The molecular weight excluding hydrogens is 430 g/mol. The van der Waals surface area contributed by atoms with E-state index in [2.05, 4.69) is 15.5 Å². The summed E-state index contributed by atoms with van der Waals surface area (Å²) in [6.07, 6.45) is 0.498. The lowest BCUT2D eigenvalue weighted by atomic mass is 10.2. The number of hydrogen-bond donors (Lipinski definition) is 2. The first-order valence-corrected chi connectivity index (χ1v) is 11.9. The number of nitrogens with zero attached hydrogens (tertiary/aromatic N) is 3. The topological polar surface area (TPSA) is 115 Å². The van der Waals surface area contributed by atoms with Crippen molar-refractivity contribution in [1.29, 1.82) is 0 Å². The number of aromatic nitrogens is 2. The van der Waals surface area contributed by atoms with Gasteiger partial charge in [0.25, 0.3) is 5.91 Å². The van der Waals surface area contributed by atoms with Crippen LogP contribution < -0.4 is 5.32 Å². The van der Waals surface area contributed by atoms with Crippen LogP contribution in [0, 0.1) is 0 Å². The van der Waals surface area contributed by atoms with Crippen molar-refractivity contribution in [3.05, 3.63) is 60.3 Å². The molecule has 0 aliphatic carbocycles. The second-order valence-electron chi connectivity index (χ2n) is 7.58. The molecule has 9 nitrogen and oxygen atoms in total. The Bertz CT molecular complexity index is 1210. The number of aromatic amines is 1. The van der Waals surface area contributed by atoms with E-state index < -0.39 is 10.0 Å². The zero-order valence-electron chi connectivity index (χ0n) is 17.5. The van der Waals surface area contributed by atoms with Gasteiger partial charge in [0.15, 0.2) is 5.69 Å². The zero-order chi connectivity index (χ0) is 22.6. The molecule has 0 radical (unpaired) electrons. The lowest BCUT2D eigenvalue weighted by molar-refractivity contribution is -0.121. The monoisotopic (exact) mass is 455 g/mol. The summed E-state index contributed by atoms with van der Waals surface area (Å²) in [7, 11) is -3.74. The molecule has 168 valence electrons. The van der Waals surface area contributed by atoms with Gasteiger partial charge < -0.3 is 10.2 Å². The highest BCUT2D eigenvalue weighted by Gasteiger charge is 2.27. The van der Waals surface area contributed by atoms with E-state index in [0.717, 1.165) is 10.9 Å². The minimum atomic E-state index is -3.74. The van der Waals surface area contributed by atoms with Crippen molar-refractivity contribution in [3.8, 4) is 0 Å². The number of para-hydroxylation sites is 1. The Morgan fingerprint density at radius 2 is 1.69 bits per heavy atom. The zero-order valence-corrected chi connectivity index (χ0v) is 18.3. The van der Waals surface area contributed by atoms with E-state index in [4.69, 9.17) is 0 Å². The first kappa shape index (κ1) is 22.0. The quantitative estimate of drug-likeness (QED) is 0.623. The summed E-state index contributed by atoms with van der Waals surface area (Å²) in [6.45, 7) is 1.24. The molecule has 1 fully saturated rings. The van der Waals surface area contributed by atoms with Crippen LogP contribution in [-0.4, -0.2) is 72.4 Å². The molecule has 4 rings (SSSR count). The highest BCUT2D eigenvalue weighted by molar-refractivity contribution is 7.89. The Morgan fingerprint density at radius 3 is 2.50 bits per heavy atom. The average Bonchev–Trinajstić information content (AvgIpc) is 3.22. The second kappa shape index (κ2) is 9.49. The van der Waals surface area contributed by atoms with E-state index in [1.165, 1.54) is 4.31 Å². The lowest BCUT2D eigenvalue weighted by Crippen LogP contribution is -2.39. The standard InChI is InChI=1S/C22H25N5O4S/c28-20-11-15-27(32(30,31)17-7-2-1-3-8-17)14-6-13-26(16-12-23-20)22(29)21-18-9-4-5-10-19(18)24-25-21/h1-5,7-10H,6,11-16H2,(H,23,28)(H,24,25). The molecule has 3 aromatic rings. The van der Waals surface area contributed by atoms with Gasteiger partial charge in [-0.1, -0.05) is 36.4 Å². The fraction of sp³-hybridized carbons (Fsp3) is 0.318. The third kappa shape index (κ3) is 4.66. The van der Waals surface area contributed by atoms with E-state index >= 15 is 0 Å². The van der Waals surface area contributed by atoms with E-state index in [-0.39, 0.29) is 36.2 Å². The number of rotatable bonds is 3. The van der Waals surface area contributed by atoms with Crippen LogP contribution in [0.2, 0.25) is 0 Å². The molecule has 1 saturated heterocycles. The second-order valence-corrected chi connectivity index (χ2v) is 9.52. The Morgan fingerprint density at radius 1 is 0.938 bits per heavy atom. The SMILES string of the molecule is O=C1CCN(S(=O)(=O)c2ccccc2)CCCN(C(=O)c2n[nH]c3ccccc23)CCN1. The summed E-state index contributed by atoms with van der Waals surface area (Å²) >= 11 is 0. The summed E-state index contributed by atoms with van der Waals surface area (Å²) in [6, 6.07) is 15.5. The molecule has 2 amide bonds. The van der Waals surface area contributed by atoms with E-state index in [1.54, 1.807) is 35.2 Å². The van der Waals surface area contributed by atoms with Crippen molar-refractivity contribution in [2.75, 3.05) is 32.7 Å². The number of sulfonamides is 1. The number of nitrogens with one attached hydrogen (secondary N) is 2. The number of carbonyl (C=O) groups excluding carboxylic acids is 2. The molecule has 0 saturated carbocycles. The molecule has 1 aromatic heterocycles. The van der Waals surface area contributed by atoms with Gasteiger partial charge in [-0.3, -0.25) is 14.7 Å². The summed E-state index contributed by atoms with van der Waals surface area (Å²) < 4.78 is 27.5. The summed E-state index contributed by atoms with van der Waals surface area (Å²) in [5, 5.41) is 10.6. The van der Waals surface area contributed by atoms with Crippen LogP contribution in [0.25, 0.3) is 10.9 Å². The van der Waals surface area contributed by atoms with Gasteiger partial charge in [0.1, 0.15) is 0 Å². The number of H-pyrrole nitrogens is 1. The molecule has 1 aliphatic heterocycles. The molecule has 0 atom stereocenters. The summed E-state index contributed by atoms with van der Waals surface area (Å²) in [5.74, 6) is -0.508. The number of fused-ring (bicyclic) bond motifs is 1. The Hall–Kier alpha value is -3.24. The Labute approximate surface area is 186 Å². The van der Waals surface area contributed by atoms with Crippen LogP contribution in [0.15, 0.2) is 59.5 Å². The van der Waals surface area contributed by atoms with E-state index in [1.807, 2.05) is 24.3 Å². The van der Waals surface area contributed by atoms with Crippen molar-refractivity contribution in [3.63, 3.8) is 0 Å². The van der Waals surface area contributed by atoms with Crippen molar-refractivity contribution in [2.24, 2.45) is 0 Å². The molecule has 10 heteroatoms. The molecule has 0 bridgehead atoms. The van der Waals surface area contributed by atoms with Crippen molar-refractivity contribution >= 4 is 32.7 Å². The van der Waals surface area contributed by atoms with Crippen LogP contribution in [0.5, 0.6) is 0 Å². The van der Waals surface area contributed by atoms with Gasteiger partial charge in [0.05, 0.1) is 10.4 Å². The third-order valence-corrected chi connectivity index (χ3v) is 7.38. The van der Waals surface area contributed by atoms with Crippen molar-refractivity contribution in [1.82, 2.24) is 24.7 Å². The Balaban J connectivity index is 1.54. The van der Waals surface area contributed by atoms with E-state index in [0.29, 0.717) is 31.7 Å². The highest BCUT2D eigenvalue weighted by atomic mass is 32.2. The van der Waals surface area contributed by atoms with Gasteiger partial charge in [-0.05, 0) is 24.6 Å². The highest BCUT2D eigenvalue weighted by Crippen LogP contribution is 2.19. The normalized spacial score (nSPS) is 17.0. The molecule has 32 heavy (non-hydrogen) atoms. The number of carbonyl (C=O) groups is 2. The molecule has 0 spiro atoms. The smallest absolute Gasteiger partial charge is 0.275 e. The first-order chi connectivity index (χ1) is 15.5. The van der Waals surface area contributed by atoms with Crippen LogP contribution in [0.3, 0.4) is 0 Å². The summed E-state index contributed by atoms with van der Waals surface area (Å²) in [4.78, 5) is 27.3. The van der Waals surface area contributed by atoms with Gasteiger partial charge >= 0.3 is 0 Å². The molecule has 0 unspecified atom stereocenters. The Kier molecular flexibility index (Phi) is 6.52. The number of benzene rings is 2. The third-order valence-electron chi connectivity index (χ3n) is 5.47. The maximum atomic E-state index is 13.2. The van der Waals surface area contributed by atoms with E-state index in [9.17, 15) is 18.0 Å². The molecular formula is C22H25N5O4S. The van der Waals surface area contributed by atoms with Crippen LogP contribution in [-0.2, 0) is 14.8 Å². The lowest BCUT2D eigenvalue weighted by Gasteiger charge is -2.24.